The van der Waals surface area contributed by atoms with Gasteiger partial charge in [0.05, 0.1) is 6.54 Å². The molecular formula is C14H18N4O2. The van der Waals surface area contributed by atoms with Gasteiger partial charge in [0.25, 0.3) is 5.91 Å². The highest BCUT2D eigenvalue weighted by Gasteiger charge is 2.14. The number of nitrogen functional groups attached to an aromatic ring is 1. The van der Waals surface area contributed by atoms with Crippen LogP contribution in [0.1, 0.15) is 16.1 Å². The number of likely N-dealkylation sites (N-methyl/N-ethyl adjacent to an activating group) is 1. The van der Waals surface area contributed by atoms with Crippen molar-refractivity contribution >= 4 is 11.7 Å². The smallest absolute Gasteiger partial charge is 0.271 e. The van der Waals surface area contributed by atoms with E-state index < -0.39 is 0 Å². The second kappa shape index (κ2) is 6.10. The number of aryl methyl sites for hydroxylation is 1. The average molecular weight is 274 g/mol. The van der Waals surface area contributed by atoms with E-state index in [2.05, 4.69) is 10.2 Å². The molecule has 1 amide bonds. The number of H-pyrrole nitrogens is 1. The Balaban J connectivity index is 1.85. The van der Waals surface area contributed by atoms with Gasteiger partial charge >= 0.3 is 0 Å². The molecule has 0 fully saturated rings. The summed E-state index contributed by atoms with van der Waals surface area (Å²) in [6, 6.07) is 9.29. The molecule has 3 N–H and O–H groups in total. The molecule has 0 atom stereocenters. The molecule has 20 heavy (non-hydrogen) atoms. The summed E-state index contributed by atoms with van der Waals surface area (Å²) in [5.74, 6) is 0.972. The topological polar surface area (TPSA) is 84.2 Å². The second-order valence-electron chi connectivity index (χ2n) is 4.55. The summed E-state index contributed by atoms with van der Waals surface area (Å²) in [5, 5.41) is 6.33. The summed E-state index contributed by atoms with van der Waals surface area (Å²) in [7, 11) is 1.71. The largest absolute Gasteiger partial charge is 0.491 e. The van der Waals surface area contributed by atoms with Crippen LogP contribution in [-0.4, -0.2) is 41.2 Å². The SMILES string of the molecule is Cc1ccccc1OCCN(C)C(=O)c1cc(N)n[nH]1. The Morgan fingerprint density at radius 1 is 1.45 bits per heavy atom. The third kappa shape index (κ3) is 3.28. The molecule has 6 heteroatoms. The van der Waals surface area contributed by atoms with E-state index >= 15 is 0 Å². The molecule has 0 radical (unpaired) electrons. The van der Waals surface area contributed by atoms with E-state index in [9.17, 15) is 4.79 Å². The minimum atomic E-state index is -0.164. The summed E-state index contributed by atoms with van der Waals surface area (Å²) in [6.07, 6.45) is 0. The van der Waals surface area contributed by atoms with Crippen LogP contribution in [0.15, 0.2) is 30.3 Å². The first-order valence-corrected chi connectivity index (χ1v) is 6.32. The first-order valence-electron chi connectivity index (χ1n) is 6.32. The van der Waals surface area contributed by atoms with Crippen molar-refractivity contribution < 1.29 is 9.53 Å². The maximum absolute atomic E-state index is 12.0. The zero-order chi connectivity index (χ0) is 14.5. The number of carbonyl (C=O) groups excluding carboxylic acids is 1. The van der Waals surface area contributed by atoms with E-state index in [0.29, 0.717) is 24.7 Å². The minimum absolute atomic E-state index is 0.164. The Morgan fingerprint density at radius 3 is 2.85 bits per heavy atom. The highest BCUT2D eigenvalue weighted by Crippen LogP contribution is 2.15. The minimum Gasteiger partial charge on any atom is -0.491 e. The monoisotopic (exact) mass is 274 g/mol. The highest BCUT2D eigenvalue weighted by atomic mass is 16.5. The molecule has 106 valence electrons. The van der Waals surface area contributed by atoms with Gasteiger partial charge in [-0.2, -0.15) is 5.10 Å². The van der Waals surface area contributed by atoms with Crippen molar-refractivity contribution in [2.24, 2.45) is 0 Å². The Labute approximate surface area is 117 Å². The van der Waals surface area contributed by atoms with Crippen molar-refractivity contribution in [3.63, 3.8) is 0 Å². The Morgan fingerprint density at radius 2 is 2.20 bits per heavy atom. The molecule has 0 bridgehead atoms. The van der Waals surface area contributed by atoms with Gasteiger partial charge in [0.1, 0.15) is 23.9 Å². The van der Waals surface area contributed by atoms with Crippen molar-refractivity contribution in [1.29, 1.82) is 0 Å². The number of benzene rings is 1. The molecular weight excluding hydrogens is 256 g/mol. The number of hydrogen-bond donors (Lipinski definition) is 2. The fourth-order valence-corrected chi connectivity index (χ4v) is 1.76. The van der Waals surface area contributed by atoms with Gasteiger partial charge in [-0.1, -0.05) is 18.2 Å². The van der Waals surface area contributed by atoms with Crippen LogP contribution >= 0.6 is 0 Å². The highest BCUT2D eigenvalue weighted by molar-refractivity contribution is 5.92. The lowest BCUT2D eigenvalue weighted by molar-refractivity contribution is 0.0768. The zero-order valence-corrected chi connectivity index (χ0v) is 11.6. The molecule has 0 saturated carbocycles. The van der Waals surface area contributed by atoms with Gasteiger partial charge in [-0.05, 0) is 18.6 Å². The van der Waals surface area contributed by atoms with Gasteiger partial charge in [0.15, 0.2) is 0 Å². The summed E-state index contributed by atoms with van der Waals surface area (Å²) < 4.78 is 5.65. The Hall–Kier alpha value is -2.50. The lowest BCUT2D eigenvalue weighted by atomic mass is 10.2. The van der Waals surface area contributed by atoms with Crippen molar-refractivity contribution in [2.75, 3.05) is 25.9 Å². The van der Waals surface area contributed by atoms with Gasteiger partial charge in [-0.15, -0.1) is 0 Å². The molecule has 0 spiro atoms. The van der Waals surface area contributed by atoms with Gasteiger partial charge < -0.3 is 15.4 Å². The van der Waals surface area contributed by atoms with Gasteiger partial charge in [-0.25, -0.2) is 0 Å². The normalized spacial score (nSPS) is 10.3. The van der Waals surface area contributed by atoms with Crippen LogP contribution in [0.4, 0.5) is 5.82 Å². The van der Waals surface area contributed by atoms with E-state index in [0.717, 1.165) is 11.3 Å². The number of anilines is 1. The molecule has 2 aromatic rings. The van der Waals surface area contributed by atoms with Crippen LogP contribution in [0.2, 0.25) is 0 Å². The van der Waals surface area contributed by atoms with Crippen LogP contribution in [0.25, 0.3) is 0 Å². The van der Waals surface area contributed by atoms with E-state index in [1.54, 1.807) is 11.9 Å². The molecule has 0 aliphatic heterocycles. The van der Waals surface area contributed by atoms with Crippen molar-refractivity contribution in [3.05, 3.63) is 41.6 Å². The molecule has 1 aromatic carbocycles. The number of amides is 1. The molecule has 2 rings (SSSR count). The zero-order valence-electron chi connectivity index (χ0n) is 11.6. The van der Waals surface area contributed by atoms with Crippen LogP contribution in [0.5, 0.6) is 5.75 Å². The van der Waals surface area contributed by atoms with Gasteiger partial charge in [0.2, 0.25) is 0 Å². The maximum Gasteiger partial charge on any atom is 0.271 e. The second-order valence-corrected chi connectivity index (χ2v) is 4.55. The molecule has 0 unspecified atom stereocenters. The van der Waals surface area contributed by atoms with Crippen molar-refractivity contribution in [2.45, 2.75) is 6.92 Å². The van der Waals surface area contributed by atoms with Gasteiger partial charge in [0, 0.05) is 13.1 Å². The lowest BCUT2D eigenvalue weighted by Gasteiger charge is -2.17. The average Bonchev–Trinajstić information content (AvgIpc) is 2.86. The fraction of sp³-hybridized carbons (Fsp3) is 0.286. The van der Waals surface area contributed by atoms with Crippen LogP contribution in [0.3, 0.4) is 0 Å². The van der Waals surface area contributed by atoms with E-state index in [1.807, 2.05) is 31.2 Å². The number of para-hydroxylation sites is 1. The fourth-order valence-electron chi connectivity index (χ4n) is 1.76. The quantitative estimate of drug-likeness (QED) is 0.864. The van der Waals surface area contributed by atoms with Crippen LogP contribution in [0, 0.1) is 6.92 Å². The molecule has 0 saturated heterocycles. The first-order chi connectivity index (χ1) is 9.58. The molecule has 1 aromatic heterocycles. The van der Waals surface area contributed by atoms with Crippen molar-refractivity contribution in [1.82, 2.24) is 15.1 Å². The standard InChI is InChI=1S/C14H18N4O2/c1-10-5-3-4-6-12(10)20-8-7-18(2)14(19)11-9-13(15)17-16-11/h3-6,9H,7-8H2,1-2H3,(H3,15,16,17). The third-order valence-corrected chi connectivity index (χ3v) is 2.95. The maximum atomic E-state index is 12.0. The van der Waals surface area contributed by atoms with Crippen LogP contribution in [-0.2, 0) is 0 Å². The molecule has 0 aliphatic carbocycles. The van der Waals surface area contributed by atoms with E-state index in [4.69, 9.17) is 10.5 Å². The number of aromatic nitrogens is 2. The summed E-state index contributed by atoms with van der Waals surface area (Å²) in [6.45, 7) is 2.89. The number of hydrogen-bond acceptors (Lipinski definition) is 4. The number of nitrogens with zero attached hydrogens (tertiary/aromatic N) is 2. The number of rotatable bonds is 5. The number of nitrogens with two attached hydrogens (primary N) is 1. The van der Waals surface area contributed by atoms with E-state index in [-0.39, 0.29) is 5.91 Å². The number of aromatic amines is 1. The van der Waals surface area contributed by atoms with Crippen LogP contribution < -0.4 is 10.5 Å². The summed E-state index contributed by atoms with van der Waals surface area (Å²) in [4.78, 5) is 13.6. The number of ether oxygens (including phenoxy) is 1. The Kier molecular flexibility index (Phi) is 4.24. The van der Waals surface area contributed by atoms with Gasteiger partial charge in [-0.3, -0.25) is 9.89 Å². The van der Waals surface area contributed by atoms with Crippen molar-refractivity contribution in [3.8, 4) is 5.75 Å². The predicted molar refractivity (Wildman–Crippen MR) is 76.6 cm³/mol. The predicted octanol–water partition coefficient (Wildman–Crippen LogP) is 1.45. The Bertz CT molecular complexity index is 594. The van der Waals surface area contributed by atoms with E-state index in [1.165, 1.54) is 6.07 Å². The lowest BCUT2D eigenvalue weighted by Crippen LogP contribution is -2.31. The molecule has 6 nitrogen and oxygen atoms in total. The first kappa shape index (κ1) is 13.9. The molecule has 0 aliphatic rings. The summed E-state index contributed by atoms with van der Waals surface area (Å²) in [5.41, 5.74) is 6.92. The number of nitrogens with one attached hydrogen (secondary N) is 1. The number of carbonyl (C=O) groups is 1. The molecule has 1 heterocycles. The summed E-state index contributed by atoms with van der Waals surface area (Å²) >= 11 is 0. The third-order valence-electron chi connectivity index (χ3n) is 2.95.